The first-order valence-corrected chi connectivity index (χ1v) is 8.87. The fraction of sp³-hybridized carbons (Fsp3) is 0.267. The van der Waals surface area contributed by atoms with Crippen LogP contribution in [-0.2, 0) is 12.0 Å². The van der Waals surface area contributed by atoms with Crippen LogP contribution in [0.4, 0.5) is 4.39 Å². The zero-order valence-electron chi connectivity index (χ0n) is 11.6. The summed E-state index contributed by atoms with van der Waals surface area (Å²) in [6.07, 6.45) is 0. The zero-order chi connectivity index (χ0) is 15.2. The van der Waals surface area contributed by atoms with E-state index in [0.29, 0.717) is 14.9 Å². The van der Waals surface area contributed by atoms with Crippen molar-refractivity contribution in [2.75, 3.05) is 0 Å². The van der Waals surface area contributed by atoms with E-state index in [4.69, 9.17) is 12.2 Å². The predicted octanol–water partition coefficient (Wildman–Crippen LogP) is 5.48. The SMILES string of the molecule is CC(C)(Cn1c(=S)[nH]c2cc(I)c(F)cc21)c1cccs1. The molecule has 21 heavy (non-hydrogen) atoms. The van der Waals surface area contributed by atoms with Gasteiger partial charge < -0.3 is 9.55 Å². The van der Waals surface area contributed by atoms with Crippen LogP contribution in [0.3, 0.4) is 0 Å². The highest BCUT2D eigenvalue weighted by Gasteiger charge is 2.24. The molecule has 0 saturated carbocycles. The van der Waals surface area contributed by atoms with Gasteiger partial charge in [-0.3, -0.25) is 0 Å². The van der Waals surface area contributed by atoms with Crippen LogP contribution in [0.5, 0.6) is 0 Å². The summed E-state index contributed by atoms with van der Waals surface area (Å²) in [6, 6.07) is 7.55. The Morgan fingerprint density at radius 1 is 1.43 bits per heavy atom. The van der Waals surface area contributed by atoms with Gasteiger partial charge in [0.25, 0.3) is 0 Å². The van der Waals surface area contributed by atoms with Crippen molar-refractivity contribution in [2.45, 2.75) is 25.8 Å². The Hall–Kier alpha value is -0.730. The van der Waals surface area contributed by atoms with Crippen LogP contribution in [0.25, 0.3) is 11.0 Å². The number of aromatic nitrogens is 2. The number of H-pyrrole nitrogens is 1. The third-order valence-electron chi connectivity index (χ3n) is 3.56. The number of nitrogens with zero attached hydrogens (tertiary/aromatic N) is 1. The summed E-state index contributed by atoms with van der Waals surface area (Å²) in [5.74, 6) is -0.209. The highest BCUT2D eigenvalue weighted by atomic mass is 127. The summed E-state index contributed by atoms with van der Waals surface area (Å²) in [5, 5.41) is 2.08. The molecule has 1 N–H and O–H groups in total. The number of halogens is 2. The first-order valence-electron chi connectivity index (χ1n) is 6.50. The fourth-order valence-electron chi connectivity index (χ4n) is 2.45. The van der Waals surface area contributed by atoms with E-state index >= 15 is 0 Å². The highest BCUT2D eigenvalue weighted by Crippen LogP contribution is 2.31. The van der Waals surface area contributed by atoms with Crippen LogP contribution in [0, 0.1) is 14.2 Å². The van der Waals surface area contributed by atoms with E-state index in [1.807, 2.05) is 27.2 Å². The fourth-order valence-corrected chi connectivity index (χ4v) is 4.03. The summed E-state index contributed by atoms with van der Waals surface area (Å²) in [4.78, 5) is 4.47. The molecule has 3 aromatic rings. The second kappa shape index (κ2) is 5.48. The van der Waals surface area contributed by atoms with Crippen molar-refractivity contribution < 1.29 is 4.39 Å². The lowest BCUT2D eigenvalue weighted by Crippen LogP contribution is -2.23. The Balaban J connectivity index is 2.11. The minimum atomic E-state index is -0.209. The Labute approximate surface area is 145 Å². The third kappa shape index (κ3) is 2.80. The van der Waals surface area contributed by atoms with Gasteiger partial charge in [-0.2, -0.15) is 0 Å². The van der Waals surface area contributed by atoms with Gasteiger partial charge in [0.15, 0.2) is 4.77 Å². The molecule has 0 amide bonds. The molecule has 0 atom stereocenters. The molecule has 0 aliphatic carbocycles. The molecule has 2 nitrogen and oxygen atoms in total. The van der Waals surface area contributed by atoms with Crippen LogP contribution < -0.4 is 0 Å². The van der Waals surface area contributed by atoms with Crippen LogP contribution >= 0.6 is 46.1 Å². The molecule has 0 aliphatic rings. The number of benzene rings is 1. The molecule has 0 unspecified atom stereocenters. The van der Waals surface area contributed by atoms with Gasteiger partial charge in [-0.25, -0.2) is 4.39 Å². The Kier molecular flexibility index (Phi) is 3.96. The number of aromatic amines is 1. The van der Waals surface area contributed by atoms with Crippen molar-refractivity contribution in [3.63, 3.8) is 0 Å². The lowest BCUT2D eigenvalue weighted by Gasteiger charge is -2.24. The maximum absolute atomic E-state index is 13.9. The molecule has 0 spiro atoms. The molecule has 2 heterocycles. The standard InChI is InChI=1S/C15H14FIN2S2/c1-15(2,13-4-3-5-21-13)8-19-12-6-9(16)10(17)7-11(12)18-14(19)20/h3-7H,8H2,1-2H3,(H,18,20). The summed E-state index contributed by atoms with van der Waals surface area (Å²) < 4.78 is 17.1. The van der Waals surface area contributed by atoms with Crippen LogP contribution in [0.1, 0.15) is 18.7 Å². The smallest absolute Gasteiger partial charge is 0.178 e. The van der Waals surface area contributed by atoms with Crippen molar-refractivity contribution in [3.05, 3.63) is 48.7 Å². The van der Waals surface area contributed by atoms with E-state index in [-0.39, 0.29) is 11.2 Å². The van der Waals surface area contributed by atoms with E-state index < -0.39 is 0 Å². The number of nitrogens with one attached hydrogen (secondary N) is 1. The minimum Gasteiger partial charge on any atom is -0.331 e. The monoisotopic (exact) mass is 432 g/mol. The van der Waals surface area contributed by atoms with Gasteiger partial charge in [0.2, 0.25) is 0 Å². The molecule has 0 fully saturated rings. The lowest BCUT2D eigenvalue weighted by molar-refractivity contribution is 0.446. The second-order valence-electron chi connectivity index (χ2n) is 5.66. The number of fused-ring (bicyclic) bond motifs is 1. The topological polar surface area (TPSA) is 20.7 Å². The molecular formula is C15H14FIN2S2. The molecular weight excluding hydrogens is 418 g/mol. The lowest BCUT2D eigenvalue weighted by atomic mass is 9.91. The van der Waals surface area contributed by atoms with E-state index in [9.17, 15) is 4.39 Å². The van der Waals surface area contributed by atoms with Crippen molar-refractivity contribution in [3.8, 4) is 0 Å². The van der Waals surface area contributed by atoms with Crippen molar-refractivity contribution in [2.24, 2.45) is 0 Å². The third-order valence-corrected chi connectivity index (χ3v) is 5.94. The summed E-state index contributed by atoms with van der Waals surface area (Å²) in [7, 11) is 0. The summed E-state index contributed by atoms with van der Waals surface area (Å²) in [5.41, 5.74) is 1.65. The summed E-state index contributed by atoms with van der Waals surface area (Å²) in [6.45, 7) is 5.08. The molecule has 0 radical (unpaired) electrons. The Morgan fingerprint density at radius 3 is 2.86 bits per heavy atom. The predicted molar refractivity (Wildman–Crippen MR) is 97.1 cm³/mol. The molecule has 3 rings (SSSR count). The van der Waals surface area contributed by atoms with Gasteiger partial charge in [0.1, 0.15) is 5.82 Å². The van der Waals surface area contributed by atoms with Crippen LogP contribution in [0.15, 0.2) is 29.6 Å². The normalized spacial score (nSPS) is 12.2. The van der Waals surface area contributed by atoms with Crippen molar-refractivity contribution in [1.82, 2.24) is 9.55 Å². The van der Waals surface area contributed by atoms with Crippen molar-refractivity contribution in [1.29, 1.82) is 0 Å². The van der Waals surface area contributed by atoms with E-state index in [2.05, 4.69) is 36.3 Å². The van der Waals surface area contributed by atoms with Crippen molar-refractivity contribution >= 4 is 57.2 Å². The maximum Gasteiger partial charge on any atom is 0.178 e. The quantitative estimate of drug-likeness (QED) is 0.429. The van der Waals surface area contributed by atoms with Gasteiger partial charge in [-0.05, 0) is 52.3 Å². The average Bonchev–Trinajstić information content (AvgIpc) is 3.02. The molecule has 0 aliphatic heterocycles. The van der Waals surface area contributed by atoms with E-state index in [0.717, 1.165) is 11.0 Å². The van der Waals surface area contributed by atoms with Crippen LogP contribution in [-0.4, -0.2) is 9.55 Å². The number of hydrogen-bond acceptors (Lipinski definition) is 2. The van der Waals surface area contributed by atoms with E-state index in [1.54, 1.807) is 23.5 Å². The highest BCUT2D eigenvalue weighted by molar-refractivity contribution is 14.1. The minimum absolute atomic E-state index is 0.0546. The average molecular weight is 432 g/mol. The largest absolute Gasteiger partial charge is 0.331 e. The molecule has 2 aromatic heterocycles. The molecule has 0 bridgehead atoms. The van der Waals surface area contributed by atoms with Gasteiger partial charge in [-0.1, -0.05) is 19.9 Å². The first-order chi connectivity index (χ1) is 9.88. The molecule has 1 aromatic carbocycles. The number of rotatable bonds is 3. The van der Waals surface area contributed by atoms with Gasteiger partial charge >= 0.3 is 0 Å². The van der Waals surface area contributed by atoms with E-state index in [1.165, 1.54) is 4.88 Å². The molecule has 0 saturated heterocycles. The van der Waals surface area contributed by atoms with Gasteiger partial charge in [0, 0.05) is 22.9 Å². The number of thiophene rings is 1. The molecule has 110 valence electrons. The first kappa shape index (κ1) is 15.2. The Bertz CT molecular complexity index is 847. The molecule has 6 heteroatoms. The van der Waals surface area contributed by atoms with Gasteiger partial charge in [-0.15, -0.1) is 11.3 Å². The number of imidazole rings is 1. The zero-order valence-corrected chi connectivity index (χ0v) is 15.4. The van der Waals surface area contributed by atoms with Crippen LogP contribution in [0.2, 0.25) is 0 Å². The summed E-state index contributed by atoms with van der Waals surface area (Å²) >= 11 is 9.15. The second-order valence-corrected chi connectivity index (χ2v) is 8.16. The van der Waals surface area contributed by atoms with Gasteiger partial charge in [0.05, 0.1) is 14.6 Å². The maximum atomic E-state index is 13.9. The Morgan fingerprint density at radius 2 is 2.19 bits per heavy atom. The number of hydrogen-bond donors (Lipinski definition) is 1.